The molecule has 0 aliphatic carbocycles. The minimum atomic E-state index is -0.274. The lowest BCUT2D eigenvalue weighted by Crippen LogP contribution is -2.04. The molecule has 5 nitrogen and oxygen atoms in total. The molecule has 0 fully saturated rings. The number of aromatic amines is 2. The Labute approximate surface area is 82.3 Å². The second-order valence-electron chi connectivity index (χ2n) is 3.26. The number of benzene rings is 1. The zero-order chi connectivity index (χ0) is 10.4. The van der Waals surface area contributed by atoms with Crippen LogP contribution in [0.1, 0.15) is 0 Å². The van der Waals surface area contributed by atoms with Crippen LogP contribution < -0.4 is 11.0 Å². The van der Waals surface area contributed by atoms with Gasteiger partial charge in [-0.3, -0.25) is 19.8 Å². The van der Waals surface area contributed by atoms with Gasteiger partial charge in [-0.2, -0.15) is 0 Å². The lowest BCUT2D eigenvalue weighted by molar-refractivity contribution is 0.665. The molecule has 15 heavy (non-hydrogen) atoms. The zero-order valence-electron chi connectivity index (χ0n) is 7.53. The van der Waals surface area contributed by atoms with Crippen molar-refractivity contribution in [1.82, 2.24) is 10.2 Å². The third-order valence-corrected chi connectivity index (χ3v) is 2.26. The van der Waals surface area contributed by atoms with Gasteiger partial charge >= 0.3 is 0 Å². The minimum absolute atomic E-state index is 0.118. The number of rotatable bonds is 0. The number of hydrogen-bond donors (Lipinski definition) is 2. The van der Waals surface area contributed by atoms with E-state index in [0.29, 0.717) is 16.7 Å². The maximum Gasteiger partial charge on any atom is 0.266 e. The Bertz CT molecular complexity index is 699. The molecule has 0 bridgehead atoms. The molecule has 3 rings (SSSR count). The number of fused-ring (bicyclic) bond motifs is 3. The van der Waals surface area contributed by atoms with Gasteiger partial charge in [-0.25, -0.2) is 0 Å². The average molecular weight is 202 g/mol. The molecule has 0 spiro atoms. The summed E-state index contributed by atoms with van der Waals surface area (Å²) >= 11 is 0. The van der Waals surface area contributed by atoms with E-state index in [1.165, 1.54) is 18.2 Å². The van der Waals surface area contributed by atoms with Gasteiger partial charge in [0.15, 0.2) is 11.0 Å². The summed E-state index contributed by atoms with van der Waals surface area (Å²) in [6, 6.07) is 5.86. The first kappa shape index (κ1) is 8.05. The van der Waals surface area contributed by atoms with Crippen LogP contribution in [-0.4, -0.2) is 10.2 Å². The van der Waals surface area contributed by atoms with E-state index in [1.807, 2.05) is 0 Å². The average Bonchev–Trinajstić information content (AvgIpc) is 2.53. The van der Waals surface area contributed by atoms with Gasteiger partial charge in [0.05, 0.1) is 0 Å². The van der Waals surface area contributed by atoms with Crippen LogP contribution in [0.5, 0.6) is 0 Å². The van der Waals surface area contributed by atoms with Crippen LogP contribution in [0.25, 0.3) is 22.1 Å². The highest BCUT2D eigenvalue weighted by Gasteiger charge is 2.07. The predicted molar refractivity (Wildman–Crippen MR) is 55.0 cm³/mol. The molecule has 3 aromatic rings. The van der Waals surface area contributed by atoms with E-state index in [9.17, 15) is 9.59 Å². The third kappa shape index (κ3) is 1.10. The summed E-state index contributed by atoms with van der Waals surface area (Å²) in [5, 5.41) is 5.96. The van der Waals surface area contributed by atoms with Gasteiger partial charge in [0.25, 0.3) is 5.56 Å². The van der Waals surface area contributed by atoms with Crippen molar-refractivity contribution >= 4 is 22.1 Å². The van der Waals surface area contributed by atoms with Crippen molar-refractivity contribution in [3.05, 3.63) is 44.8 Å². The van der Waals surface area contributed by atoms with E-state index in [-0.39, 0.29) is 11.0 Å². The first-order chi connectivity index (χ1) is 7.24. The van der Waals surface area contributed by atoms with Gasteiger partial charge in [-0.05, 0) is 12.1 Å². The monoisotopic (exact) mass is 202 g/mol. The van der Waals surface area contributed by atoms with Crippen LogP contribution >= 0.6 is 0 Å². The SMILES string of the molecule is O=c1ccc2c(c1)oc1cc(=O)[nH][nH]c12. The first-order valence-electron chi connectivity index (χ1n) is 4.38. The highest BCUT2D eigenvalue weighted by atomic mass is 16.3. The van der Waals surface area contributed by atoms with E-state index in [4.69, 9.17) is 4.42 Å². The van der Waals surface area contributed by atoms with Crippen LogP contribution in [0, 0.1) is 0 Å². The lowest BCUT2D eigenvalue weighted by atomic mass is 10.2. The smallest absolute Gasteiger partial charge is 0.266 e. The van der Waals surface area contributed by atoms with Crippen molar-refractivity contribution in [3.8, 4) is 0 Å². The molecule has 5 heteroatoms. The summed E-state index contributed by atoms with van der Waals surface area (Å²) in [5.74, 6) is 0. The molecule has 0 aliphatic rings. The Morgan fingerprint density at radius 3 is 2.73 bits per heavy atom. The van der Waals surface area contributed by atoms with Crippen LogP contribution in [0.15, 0.2) is 38.3 Å². The van der Waals surface area contributed by atoms with E-state index >= 15 is 0 Å². The number of aromatic nitrogens is 2. The molecule has 0 radical (unpaired) electrons. The summed E-state index contributed by atoms with van der Waals surface area (Å²) in [5.41, 5.74) is 1.22. The molecular formula is C10H6N2O3. The molecule has 0 aliphatic heterocycles. The summed E-state index contributed by atoms with van der Waals surface area (Å²) in [6.45, 7) is 0. The maximum atomic E-state index is 11.1. The van der Waals surface area contributed by atoms with Gasteiger partial charge in [0, 0.05) is 17.5 Å². The Morgan fingerprint density at radius 2 is 1.87 bits per heavy atom. The summed E-state index contributed by atoms with van der Waals surface area (Å²) in [7, 11) is 0. The molecule has 0 unspecified atom stereocenters. The highest BCUT2D eigenvalue weighted by molar-refractivity contribution is 6.01. The number of nitrogens with one attached hydrogen (secondary N) is 2. The highest BCUT2D eigenvalue weighted by Crippen LogP contribution is 2.23. The molecular weight excluding hydrogens is 196 g/mol. The summed E-state index contributed by atoms with van der Waals surface area (Å²) in [4.78, 5) is 22.1. The van der Waals surface area contributed by atoms with Crippen molar-refractivity contribution in [1.29, 1.82) is 0 Å². The van der Waals surface area contributed by atoms with Crippen LogP contribution in [0.4, 0.5) is 0 Å². The second kappa shape index (κ2) is 2.60. The fourth-order valence-corrected chi connectivity index (χ4v) is 1.61. The van der Waals surface area contributed by atoms with Gasteiger partial charge in [0.2, 0.25) is 0 Å². The van der Waals surface area contributed by atoms with Crippen LogP contribution in [0.3, 0.4) is 0 Å². The maximum absolute atomic E-state index is 11.1. The predicted octanol–water partition coefficient (Wildman–Crippen LogP) is 0.963. The van der Waals surface area contributed by atoms with Crippen LogP contribution in [-0.2, 0) is 0 Å². The van der Waals surface area contributed by atoms with Crippen molar-refractivity contribution < 1.29 is 4.42 Å². The number of hydrogen-bond acceptors (Lipinski definition) is 3. The Hall–Kier alpha value is -2.30. The normalized spacial score (nSPS) is 11.2. The lowest BCUT2D eigenvalue weighted by Gasteiger charge is -1.87. The molecule has 2 N–H and O–H groups in total. The minimum Gasteiger partial charge on any atom is -0.454 e. The van der Waals surface area contributed by atoms with Crippen molar-refractivity contribution in [2.75, 3.05) is 0 Å². The Morgan fingerprint density at radius 1 is 1.00 bits per heavy atom. The van der Waals surface area contributed by atoms with E-state index in [0.717, 1.165) is 5.39 Å². The molecule has 2 heterocycles. The van der Waals surface area contributed by atoms with E-state index in [2.05, 4.69) is 10.2 Å². The quantitative estimate of drug-likeness (QED) is 0.569. The molecule has 0 atom stereocenters. The third-order valence-electron chi connectivity index (χ3n) is 2.26. The molecule has 0 saturated heterocycles. The van der Waals surface area contributed by atoms with Gasteiger partial charge in [-0.15, -0.1) is 0 Å². The first-order valence-corrected chi connectivity index (χ1v) is 4.38. The molecule has 2 aromatic heterocycles. The van der Waals surface area contributed by atoms with E-state index < -0.39 is 0 Å². The second-order valence-corrected chi connectivity index (χ2v) is 3.26. The summed E-state index contributed by atoms with van der Waals surface area (Å²) < 4.78 is 5.36. The Kier molecular flexibility index (Phi) is 1.39. The standard InChI is InChI=1S/C10H6N2O3/c13-5-1-2-6-7(3-5)15-8-4-9(14)11-12-10(6)8/h1-4,12H,(H,11,14). The van der Waals surface area contributed by atoms with Gasteiger partial charge in [0.1, 0.15) is 11.1 Å². The fraction of sp³-hybridized carbons (Fsp3) is 0. The van der Waals surface area contributed by atoms with Crippen molar-refractivity contribution in [3.63, 3.8) is 0 Å². The summed E-state index contributed by atoms with van der Waals surface area (Å²) in [6.07, 6.45) is 0. The van der Waals surface area contributed by atoms with Gasteiger partial charge in [-0.1, -0.05) is 0 Å². The topological polar surface area (TPSA) is 78.9 Å². The van der Waals surface area contributed by atoms with Gasteiger partial charge < -0.3 is 4.42 Å². The number of furan rings is 1. The molecule has 0 amide bonds. The zero-order valence-corrected chi connectivity index (χ0v) is 7.53. The van der Waals surface area contributed by atoms with E-state index in [1.54, 1.807) is 6.07 Å². The largest absolute Gasteiger partial charge is 0.454 e. The molecule has 0 saturated carbocycles. The number of H-pyrrole nitrogens is 2. The van der Waals surface area contributed by atoms with Crippen molar-refractivity contribution in [2.45, 2.75) is 0 Å². The fourth-order valence-electron chi connectivity index (χ4n) is 1.61. The van der Waals surface area contributed by atoms with Crippen molar-refractivity contribution in [2.24, 2.45) is 0 Å². The van der Waals surface area contributed by atoms with Crippen LogP contribution in [0.2, 0.25) is 0 Å². The Balaban J connectivity index is 2.62. The molecule has 74 valence electrons. The molecule has 1 aromatic carbocycles.